The molecule has 6 aromatic heterocycles. The van der Waals surface area contributed by atoms with Crippen LogP contribution in [-0.4, -0.2) is 163 Å². The van der Waals surface area contributed by atoms with Crippen LogP contribution in [0.3, 0.4) is 0 Å². The number of methoxy groups -OCH3 is 1. The second-order valence-electron chi connectivity index (χ2n) is 16.6. The Kier molecular flexibility index (Phi) is 15.3. The number of fused-ring (bicyclic) bond motifs is 3. The Labute approximate surface area is 421 Å². The van der Waals surface area contributed by atoms with Gasteiger partial charge in [0.25, 0.3) is 48.4 Å². The zero-order valence-electron chi connectivity index (χ0n) is 38.7. The second kappa shape index (κ2) is 20.9. The first-order valence-electron chi connectivity index (χ1n) is 21.5. The number of rotatable bonds is 20. The van der Waals surface area contributed by atoms with E-state index in [1.54, 1.807) is 0 Å². The highest BCUT2D eigenvalue weighted by molar-refractivity contribution is 7.65. The molecule has 16 atom stereocenters. The van der Waals surface area contributed by atoms with Crippen LogP contribution in [0, 0.1) is 0 Å². The fraction of sp³-hybridized carbons (Fsp3) is 0.545. The van der Waals surface area contributed by atoms with Crippen molar-refractivity contribution in [1.82, 2.24) is 53.6 Å². The molecule has 0 aliphatic carbocycles. The molecule has 3 fully saturated rings. The molecule has 416 valence electrons. The number of H-pyrrole nitrogens is 2. The average Bonchev–Trinajstić information content (AvgIpc) is 4.19. The number of aliphatic hydroxyl groups is 4. The van der Waals surface area contributed by atoms with E-state index < -0.39 is 136 Å². The Bertz CT molecular complexity index is 3490. The van der Waals surface area contributed by atoms with E-state index in [9.17, 15) is 67.8 Å². The molecule has 0 bridgehead atoms. The van der Waals surface area contributed by atoms with Crippen molar-refractivity contribution in [3.8, 4) is 0 Å². The number of nitrogens with two attached hydrogens (primary N) is 2. The topological polar surface area (TPSA) is 560 Å². The summed E-state index contributed by atoms with van der Waals surface area (Å²) < 4.78 is 107. The highest BCUT2D eigenvalue weighted by Crippen LogP contribution is 2.63. The van der Waals surface area contributed by atoms with Crippen molar-refractivity contribution in [3.05, 3.63) is 46.0 Å². The van der Waals surface area contributed by atoms with E-state index in [-0.39, 0.29) is 51.2 Å². The van der Waals surface area contributed by atoms with E-state index in [2.05, 4.69) is 58.3 Å². The van der Waals surface area contributed by atoms with Crippen LogP contribution >= 0.6 is 31.3 Å². The number of imidazole rings is 3. The van der Waals surface area contributed by atoms with Crippen LogP contribution in [0.5, 0.6) is 0 Å². The first-order chi connectivity index (χ1) is 35.7. The van der Waals surface area contributed by atoms with Crippen molar-refractivity contribution < 1.29 is 108 Å². The molecular formula is C33H42N15O24P4-3. The van der Waals surface area contributed by atoms with Crippen LogP contribution in [0.25, 0.3) is 33.5 Å². The number of aromatic nitrogens is 12. The predicted molar refractivity (Wildman–Crippen MR) is 235 cm³/mol. The van der Waals surface area contributed by atoms with Crippen molar-refractivity contribution in [2.75, 3.05) is 50.8 Å². The van der Waals surface area contributed by atoms with Gasteiger partial charge in [0.1, 0.15) is 66.8 Å². The van der Waals surface area contributed by atoms with Crippen LogP contribution < -0.4 is 52.0 Å². The SMILES string of the molecule is CNc1ncnc2c1ncn2[C@@H]1O[C@H](COP(=O)([O-])OP(=O)([O-])OP(=O)([O-])OC[C@H]2O[C@@H]([n+]3cn(C)c4c(=O)[nH]c(N)nc43)[C@@H](O)C2O)[C@H](OP(=O)([O-])OC[C@H]2O[C@@H](n3cnc4c(=O)[nH]c(N)nc43)C(O)[C@H]2O)C1OC. The molecule has 7 unspecified atom stereocenters. The van der Waals surface area contributed by atoms with Gasteiger partial charge < -0.3 is 93.8 Å². The summed E-state index contributed by atoms with van der Waals surface area (Å²) in [7, 11) is -20.8. The number of nitrogens with zero attached hydrogens (tertiary/aromatic N) is 10. The van der Waals surface area contributed by atoms with Gasteiger partial charge in [-0.1, -0.05) is 4.98 Å². The third-order valence-electron chi connectivity index (χ3n) is 11.7. The standard InChI is InChI=1S/C33H45N15O24P4/c1-36-23-14-24(38-7-37-23)46(8-39-14)31-22(63-3)21(70-73(55,56)64-4-11-17(49)19(51)29(67-11)47-9-40-15-25(47)41-32(34)43-27(15)53)13(69-31)6-66-75(59,60)72-76(61,62)71-74(57,58)65-5-12-18(50)20(52)30(68-12)48-10-45(2)16-26(48)42-33(35)44-28(16)54/h7-13,17-22,29-31,49-52H,4-6H2,1-3H3,(H10-,34,35,36,37,38,41,42,43,44,53,54,55,56,57,58,59,60,61,62)/p-3/t11-,12-,13-,17+,18?,19?,20+,21+,22?,29-,30-,31-/m1/s1. The number of nitrogen functional groups attached to an aromatic ring is 2. The number of phosphoric ester groups is 3. The molecule has 3 aliphatic heterocycles. The van der Waals surface area contributed by atoms with E-state index in [0.717, 1.165) is 35.2 Å². The van der Waals surface area contributed by atoms with E-state index in [1.165, 1.54) is 29.6 Å². The smallest absolute Gasteiger partial charge is 0.313 e. The number of nitrogens with one attached hydrogen (secondary N) is 3. The maximum absolute atomic E-state index is 13.6. The van der Waals surface area contributed by atoms with Gasteiger partial charge >= 0.3 is 5.65 Å². The molecule has 3 saturated heterocycles. The van der Waals surface area contributed by atoms with Crippen LogP contribution in [0.2, 0.25) is 0 Å². The van der Waals surface area contributed by atoms with Gasteiger partial charge in [0.05, 0.1) is 39.5 Å². The largest absolute Gasteiger partial charge is 0.756 e. The maximum Gasteiger partial charge on any atom is 0.313 e. The van der Waals surface area contributed by atoms with Gasteiger partial charge in [-0.3, -0.25) is 51.5 Å². The van der Waals surface area contributed by atoms with Crippen LogP contribution in [0.15, 0.2) is 34.9 Å². The lowest BCUT2D eigenvalue weighted by Crippen LogP contribution is -2.46. The lowest BCUT2D eigenvalue weighted by molar-refractivity contribution is -0.745. The van der Waals surface area contributed by atoms with Gasteiger partial charge in [-0.15, -0.1) is 0 Å². The quantitative estimate of drug-likeness (QED) is 0.0253. The first kappa shape index (κ1) is 55.6. The van der Waals surface area contributed by atoms with Gasteiger partial charge in [0, 0.05) is 14.2 Å². The monoisotopic (exact) mass is 1160 g/mol. The highest BCUT2D eigenvalue weighted by Gasteiger charge is 2.51. The average molecular weight is 1160 g/mol. The summed E-state index contributed by atoms with van der Waals surface area (Å²) in [6, 6.07) is 0. The zero-order chi connectivity index (χ0) is 55.0. The molecule has 9 heterocycles. The number of aryl methyl sites for hydroxylation is 1. The molecule has 9 rings (SSSR count). The van der Waals surface area contributed by atoms with Gasteiger partial charge in [0.2, 0.25) is 17.7 Å². The van der Waals surface area contributed by atoms with Crippen LogP contribution in [0.4, 0.5) is 17.7 Å². The lowest BCUT2D eigenvalue weighted by Gasteiger charge is -2.35. The van der Waals surface area contributed by atoms with E-state index in [0.29, 0.717) is 0 Å². The summed E-state index contributed by atoms with van der Waals surface area (Å²) in [5.74, 6) is -0.439. The first-order valence-corrected chi connectivity index (χ1v) is 27.4. The molecule has 0 spiro atoms. The van der Waals surface area contributed by atoms with Crippen LogP contribution in [-0.2, 0) is 71.0 Å². The number of hydrogen-bond donors (Lipinski definition) is 9. The summed E-state index contributed by atoms with van der Waals surface area (Å²) in [5.41, 5.74) is 9.49. The van der Waals surface area contributed by atoms with Crippen molar-refractivity contribution in [2.24, 2.45) is 7.05 Å². The summed E-state index contributed by atoms with van der Waals surface area (Å²) >= 11 is 0. The van der Waals surface area contributed by atoms with Gasteiger partial charge in [-0.05, 0) is 0 Å². The van der Waals surface area contributed by atoms with Crippen molar-refractivity contribution in [1.29, 1.82) is 0 Å². The molecule has 0 aromatic carbocycles. The highest BCUT2D eigenvalue weighted by atomic mass is 31.3. The molecule has 0 saturated carbocycles. The third kappa shape index (κ3) is 11.0. The number of anilines is 3. The van der Waals surface area contributed by atoms with E-state index >= 15 is 0 Å². The Morgan fingerprint density at radius 1 is 0.711 bits per heavy atom. The number of aromatic amines is 2. The molecule has 43 heteroatoms. The second-order valence-corrected chi connectivity index (χ2v) is 22.5. The minimum Gasteiger partial charge on any atom is -0.756 e. The summed E-state index contributed by atoms with van der Waals surface area (Å²) in [4.78, 5) is 106. The molecule has 76 heavy (non-hydrogen) atoms. The maximum atomic E-state index is 13.6. The fourth-order valence-electron chi connectivity index (χ4n) is 8.42. The number of hydrogen-bond acceptors (Lipinski definition) is 33. The van der Waals surface area contributed by atoms with Gasteiger partial charge in [-0.25, -0.2) is 33.1 Å². The summed E-state index contributed by atoms with van der Waals surface area (Å²) in [6.07, 6.45) is -16.4. The Morgan fingerprint density at radius 2 is 1.28 bits per heavy atom. The summed E-state index contributed by atoms with van der Waals surface area (Å²) in [6.45, 7) is -3.71. The van der Waals surface area contributed by atoms with E-state index in [1.807, 2.05) is 0 Å². The predicted octanol–water partition coefficient (Wildman–Crippen LogP) is -6.78. The Hall–Kier alpha value is -5.15. The number of phosphoric acid groups is 4. The van der Waals surface area contributed by atoms with E-state index in [4.69, 9.17) is 44.0 Å². The molecule has 6 aromatic rings. The molecular weight excluding hydrogens is 1110 g/mol. The van der Waals surface area contributed by atoms with Crippen molar-refractivity contribution in [2.45, 2.75) is 73.6 Å². The van der Waals surface area contributed by atoms with Crippen molar-refractivity contribution >= 4 is 82.5 Å². The minimum atomic E-state index is -6.59. The molecule has 0 amide bonds. The lowest BCUT2D eigenvalue weighted by atomic mass is 10.1. The molecule has 11 N–H and O–H groups in total. The van der Waals surface area contributed by atoms with Crippen LogP contribution in [0.1, 0.15) is 18.7 Å². The zero-order valence-corrected chi connectivity index (χ0v) is 42.3. The molecule has 3 aliphatic rings. The number of ether oxygens (including phenoxy) is 4. The fourth-order valence-corrected chi connectivity index (χ4v) is 12.8. The summed E-state index contributed by atoms with van der Waals surface area (Å²) in [5, 5.41) is 45.9. The third-order valence-corrected chi connectivity index (χ3v) is 16.8. The molecule has 0 radical (unpaired) electrons. The Morgan fingerprint density at radius 3 is 1.93 bits per heavy atom. The normalized spacial score (nSPS) is 30.2. The minimum absolute atomic E-state index is 0.0443. The van der Waals surface area contributed by atoms with Gasteiger partial charge in [-0.2, -0.15) is 4.98 Å². The van der Waals surface area contributed by atoms with Gasteiger partial charge in [0.15, 0.2) is 41.4 Å². The molecule has 39 nitrogen and oxygen atoms in total. The Balaban J connectivity index is 0.868. The number of aliphatic hydroxyl groups excluding tert-OH is 4. The van der Waals surface area contributed by atoms with Crippen molar-refractivity contribution in [3.63, 3.8) is 0 Å².